The van der Waals surface area contributed by atoms with Crippen LogP contribution >= 0.6 is 0 Å². The van der Waals surface area contributed by atoms with Crippen LogP contribution in [0.1, 0.15) is 23.2 Å². The monoisotopic (exact) mass is 277 g/mol. The van der Waals surface area contributed by atoms with Crippen LogP contribution in [0.4, 0.5) is 11.4 Å². The first-order valence-corrected chi connectivity index (χ1v) is 6.92. The van der Waals surface area contributed by atoms with E-state index in [1.165, 1.54) is 0 Å². The fourth-order valence-electron chi connectivity index (χ4n) is 2.58. The van der Waals surface area contributed by atoms with E-state index in [2.05, 4.69) is 4.90 Å². The minimum Gasteiger partial charge on any atom is -0.397 e. The van der Waals surface area contributed by atoms with E-state index in [1.54, 1.807) is 32.2 Å². The highest BCUT2D eigenvalue weighted by Crippen LogP contribution is 2.28. The Morgan fingerprint density at radius 2 is 2.20 bits per heavy atom. The summed E-state index contributed by atoms with van der Waals surface area (Å²) in [6.07, 6.45) is 2.44. The number of nitrogen functional groups attached to an aromatic ring is 1. The highest BCUT2D eigenvalue weighted by atomic mass is 16.5. The number of nitrogens with two attached hydrogens (primary N) is 1. The van der Waals surface area contributed by atoms with E-state index in [-0.39, 0.29) is 12.0 Å². The Morgan fingerprint density at radius 1 is 1.45 bits per heavy atom. The number of piperidine rings is 1. The van der Waals surface area contributed by atoms with Crippen molar-refractivity contribution in [1.29, 1.82) is 0 Å². The zero-order valence-electron chi connectivity index (χ0n) is 12.4. The molecule has 1 saturated heterocycles. The van der Waals surface area contributed by atoms with Gasteiger partial charge in [0, 0.05) is 39.9 Å². The van der Waals surface area contributed by atoms with Gasteiger partial charge in [0.05, 0.1) is 17.5 Å². The molecular formula is C15H23N3O2. The molecule has 1 aromatic rings. The van der Waals surface area contributed by atoms with Gasteiger partial charge in [-0.15, -0.1) is 0 Å². The van der Waals surface area contributed by atoms with Crippen LogP contribution in [0.3, 0.4) is 0 Å². The third-order valence-corrected chi connectivity index (χ3v) is 3.73. The molecule has 0 aromatic heterocycles. The predicted molar refractivity (Wildman–Crippen MR) is 81.1 cm³/mol. The number of hydrogen-bond donors (Lipinski definition) is 1. The van der Waals surface area contributed by atoms with Crippen LogP contribution in [0.25, 0.3) is 0 Å². The number of carbonyl (C=O) groups excluding carboxylic acids is 1. The quantitative estimate of drug-likeness (QED) is 0.852. The largest absolute Gasteiger partial charge is 0.397 e. The molecule has 0 radical (unpaired) electrons. The zero-order chi connectivity index (χ0) is 14.7. The molecule has 0 saturated carbocycles. The number of carbonyl (C=O) groups is 1. The van der Waals surface area contributed by atoms with Gasteiger partial charge < -0.3 is 20.3 Å². The number of amides is 1. The lowest BCUT2D eigenvalue weighted by Gasteiger charge is -2.34. The molecule has 1 atom stereocenters. The molecule has 5 nitrogen and oxygen atoms in total. The van der Waals surface area contributed by atoms with Crippen LogP contribution < -0.4 is 10.6 Å². The summed E-state index contributed by atoms with van der Waals surface area (Å²) >= 11 is 0. The van der Waals surface area contributed by atoms with E-state index in [9.17, 15) is 4.79 Å². The maximum Gasteiger partial charge on any atom is 0.253 e. The molecule has 1 fully saturated rings. The van der Waals surface area contributed by atoms with Crippen molar-refractivity contribution in [2.45, 2.75) is 18.9 Å². The van der Waals surface area contributed by atoms with Gasteiger partial charge in [-0.25, -0.2) is 0 Å². The van der Waals surface area contributed by atoms with E-state index in [0.717, 1.165) is 31.6 Å². The lowest BCUT2D eigenvalue weighted by Crippen LogP contribution is -2.39. The number of rotatable bonds is 3. The summed E-state index contributed by atoms with van der Waals surface area (Å²) in [5.74, 6) is -0.0309. The Kier molecular flexibility index (Phi) is 4.49. The first-order valence-electron chi connectivity index (χ1n) is 6.92. The highest BCUT2D eigenvalue weighted by Gasteiger charge is 2.21. The second kappa shape index (κ2) is 6.13. The van der Waals surface area contributed by atoms with E-state index in [0.29, 0.717) is 11.3 Å². The second-order valence-electron chi connectivity index (χ2n) is 5.42. The van der Waals surface area contributed by atoms with Crippen molar-refractivity contribution < 1.29 is 9.53 Å². The van der Waals surface area contributed by atoms with Crippen LogP contribution in [0.2, 0.25) is 0 Å². The fourth-order valence-corrected chi connectivity index (χ4v) is 2.58. The molecular weight excluding hydrogens is 254 g/mol. The highest BCUT2D eigenvalue weighted by molar-refractivity contribution is 5.95. The van der Waals surface area contributed by atoms with Crippen molar-refractivity contribution in [2.24, 2.45) is 0 Å². The molecule has 1 unspecified atom stereocenters. The SMILES string of the molecule is COC1CCCN(c2ccc(C(=O)N(C)C)cc2N)C1. The fraction of sp³-hybridized carbons (Fsp3) is 0.533. The van der Waals surface area contributed by atoms with E-state index >= 15 is 0 Å². The first-order chi connectivity index (χ1) is 9.52. The summed E-state index contributed by atoms with van der Waals surface area (Å²) < 4.78 is 5.43. The van der Waals surface area contributed by atoms with Gasteiger partial charge in [-0.2, -0.15) is 0 Å². The van der Waals surface area contributed by atoms with Crippen LogP contribution in [-0.4, -0.2) is 51.2 Å². The molecule has 2 N–H and O–H groups in total. The Bertz CT molecular complexity index is 488. The summed E-state index contributed by atoms with van der Waals surface area (Å²) in [4.78, 5) is 15.7. The van der Waals surface area contributed by atoms with Crippen molar-refractivity contribution in [3.05, 3.63) is 23.8 Å². The Labute approximate surface area is 120 Å². The molecule has 1 aliphatic rings. The van der Waals surface area contributed by atoms with Gasteiger partial charge in [-0.05, 0) is 31.0 Å². The molecule has 1 aromatic carbocycles. The summed E-state index contributed by atoms with van der Waals surface area (Å²) in [6, 6.07) is 5.53. The van der Waals surface area contributed by atoms with Crippen LogP contribution in [0.15, 0.2) is 18.2 Å². The van der Waals surface area contributed by atoms with E-state index in [1.807, 2.05) is 12.1 Å². The summed E-state index contributed by atoms with van der Waals surface area (Å²) in [6.45, 7) is 1.83. The summed E-state index contributed by atoms with van der Waals surface area (Å²) in [7, 11) is 5.22. The average molecular weight is 277 g/mol. The minimum absolute atomic E-state index is 0.0309. The van der Waals surface area contributed by atoms with Gasteiger partial charge in [0.2, 0.25) is 0 Å². The number of nitrogens with zero attached hydrogens (tertiary/aromatic N) is 2. The molecule has 110 valence electrons. The number of methoxy groups -OCH3 is 1. The van der Waals surface area contributed by atoms with Crippen molar-refractivity contribution in [1.82, 2.24) is 4.90 Å². The third kappa shape index (κ3) is 3.04. The average Bonchev–Trinajstić information content (AvgIpc) is 2.46. The van der Waals surface area contributed by atoms with Gasteiger partial charge in [-0.3, -0.25) is 4.79 Å². The molecule has 2 rings (SSSR count). The maximum absolute atomic E-state index is 11.9. The number of ether oxygens (including phenoxy) is 1. The molecule has 1 aliphatic heterocycles. The van der Waals surface area contributed by atoms with Gasteiger partial charge in [0.25, 0.3) is 5.91 Å². The zero-order valence-corrected chi connectivity index (χ0v) is 12.4. The van der Waals surface area contributed by atoms with Gasteiger partial charge >= 0.3 is 0 Å². The first kappa shape index (κ1) is 14.7. The van der Waals surface area contributed by atoms with Crippen molar-refractivity contribution in [3.63, 3.8) is 0 Å². The van der Waals surface area contributed by atoms with Gasteiger partial charge in [0.15, 0.2) is 0 Å². The molecule has 0 aliphatic carbocycles. The van der Waals surface area contributed by atoms with E-state index in [4.69, 9.17) is 10.5 Å². The smallest absolute Gasteiger partial charge is 0.253 e. The molecule has 20 heavy (non-hydrogen) atoms. The number of hydrogen-bond acceptors (Lipinski definition) is 4. The number of benzene rings is 1. The summed E-state index contributed by atoms with van der Waals surface area (Å²) in [5, 5.41) is 0. The van der Waals surface area contributed by atoms with Crippen molar-refractivity contribution in [3.8, 4) is 0 Å². The lowest BCUT2D eigenvalue weighted by molar-refractivity contribution is 0.0827. The maximum atomic E-state index is 11.9. The minimum atomic E-state index is -0.0309. The van der Waals surface area contributed by atoms with Gasteiger partial charge in [0.1, 0.15) is 0 Å². The van der Waals surface area contributed by atoms with Crippen molar-refractivity contribution >= 4 is 17.3 Å². The molecule has 5 heteroatoms. The molecule has 0 bridgehead atoms. The third-order valence-electron chi connectivity index (χ3n) is 3.73. The van der Waals surface area contributed by atoms with Crippen LogP contribution in [0, 0.1) is 0 Å². The standard InChI is InChI=1S/C15H23N3O2/c1-17(2)15(19)11-6-7-14(13(16)9-11)18-8-4-5-12(10-18)20-3/h6-7,9,12H,4-5,8,10,16H2,1-3H3. The van der Waals surface area contributed by atoms with E-state index < -0.39 is 0 Å². The second-order valence-corrected chi connectivity index (χ2v) is 5.42. The molecule has 1 amide bonds. The van der Waals surface area contributed by atoms with Crippen LogP contribution in [-0.2, 0) is 4.74 Å². The Balaban J connectivity index is 2.19. The van der Waals surface area contributed by atoms with Crippen LogP contribution in [0.5, 0.6) is 0 Å². The predicted octanol–water partition coefficient (Wildman–Crippen LogP) is 1.59. The number of anilines is 2. The topological polar surface area (TPSA) is 58.8 Å². The normalized spacial score (nSPS) is 18.9. The van der Waals surface area contributed by atoms with Gasteiger partial charge in [-0.1, -0.05) is 0 Å². The Morgan fingerprint density at radius 3 is 2.80 bits per heavy atom. The van der Waals surface area contributed by atoms with Crippen molar-refractivity contribution in [2.75, 3.05) is 44.9 Å². The Hall–Kier alpha value is -1.75. The summed E-state index contributed by atoms with van der Waals surface area (Å²) in [5.41, 5.74) is 8.38. The molecule has 0 spiro atoms. The molecule has 1 heterocycles. The lowest BCUT2D eigenvalue weighted by atomic mass is 10.1.